The van der Waals surface area contributed by atoms with Gasteiger partial charge in [-0.2, -0.15) is 13.2 Å². The zero-order chi connectivity index (χ0) is 24.3. The molecule has 0 atom stereocenters. The lowest BCUT2D eigenvalue weighted by atomic mass is 9.94. The summed E-state index contributed by atoms with van der Waals surface area (Å²) in [5.74, 6) is 0.674. The molecule has 2 aromatic rings. The maximum atomic E-state index is 12.8. The molecule has 2 aliphatic rings. The van der Waals surface area contributed by atoms with Crippen molar-refractivity contribution >= 4 is 15.5 Å². The first-order valence-corrected chi connectivity index (χ1v) is 13.5. The van der Waals surface area contributed by atoms with Crippen molar-refractivity contribution in [3.63, 3.8) is 0 Å². The fourth-order valence-corrected chi connectivity index (χ4v) is 5.26. The van der Waals surface area contributed by atoms with E-state index < -0.39 is 21.6 Å². The lowest BCUT2D eigenvalue weighted by Crippen LogP contribution is -2.39. The Morgan fingerprint density at radius 3 is 1.85 bits per heavy atom. The molecule has 2 fully saturated rings. The van der Waals surface area contributed by atoms with Crippen molar-refractivity contribution in [2.24, 2.45) is 0 Å². The summed E-state index contributed by atoms with van der Waals surface area (Å²) in [7, 11) is -3.22. The summed E-state index contributed by atoms with van der Waals surface area (Å²) >= 11 is 0. The van der Waals surface area contributed by atoms with Crippen LogP contribution in [0.1, 0.15) is 44.1 Å². The smallest absolute Gasteiger partial charge is 0.416 e. The molecule has 1 heterocycles. The lowest BCUT2D eigenvalue weighted by molar-refractivity contribution is -0.137. The van der Waals surface area contributed by atoms with E-state index in [2.05, 4.69) is 4.90 Å². The molecule has 0 unspecified atom stereocenters. The first-order valence-electron chi connectivity index (χ1n) is 11.6. The third kappa shape index (κ3) is 6.44. The molecule has 2 aromatic carbocycles. The summed E-state index contributed by atoms with van der Waals surface area (Å²) in [6.07, 6.45) is 2.59. The highest BCUT2D eigenvalue weighted by Gasteiger charge is 2.31. The average Bonchev–Trinajstić information content (AvgIpc) is 2.80. The van der Waals surface area contributed by atoms with Gasteiger partial charge >= 0.3 is 6.18 Å². The van der Waals surface area contributed by atoms with E-state index in [0.29, 0.717) is 5.75 Å². The molecule has 0 bridgehead atoms. The number of rotatable bonds is 6. The van der Waals surface area contributed by atoms with Gasteiger partial charge in [0.25, 0.3) is 0 Å². The molecule has 34 heavy (non-hydrogen) atoms. The summed E-state index contributed by atoms with van der Waals surface area (Å²) in [6, 6.07) is 11.9. The fourth-order valence-electron chi connectivity index (χ4n) is 4.63. The number of sulfone groups is 1. The molecule has 1 saturated heterocycles. The maximum absolute atomic E-state index is 12.8. The minimum absolute atomic E-state index is 0.0884. The Bertz CT molecular complexity index is 1040. The Morgan fingerprint density at radius 2 is 1.32 bits per heavy atom. The van der Waals surface area contributed by atoms with Gasteiger partial charge in [0.15, 0.2) is 9.84 Å². The van der Waals surface area contributed by atoms with Crippen molar-refractivity contribution in [3.05, 3.63) is 54.1 Å². The van der Waals surface area contributed by atoms with Crippen LogP contribution in [0.5, 0.6) is 5.75 Å². The molecule has 0 spiro atoms. The van der Waals surface area contributed by atoms with Gasteiger partial charge in [-0.3, -0.25) is 0 Å². The summed E-state index contributed by atoms with van der Waals surface area (Å²) in [5.41, 5.74) is 0.189. The molecule has 186 valence electrons. The van der Waals surface area contributed by atoms with Crippen LogP contribution in [-0.4, -0.2) is 46.1 Å². The summed E-state index contributed by atoms with van der Waals surface area (Å²) in [5, 5.41) is 0. The van der Waals surface area contributed by atoms with E-state index in [1.165, 1.54) is 6.26 Å². The van der Waals surface area contributed by atoms with Gasteiger partial charge in [0.05, 0.1) is 28.8 Å². The van der Waals surface area contributed by atoms with E-state index in [1.54, 1.807) is 36.4 Å². The van der Waals surface area contributed by atoms with Crippen LogP contribution < -0.4 is 9.64 Å². The van der Waals surface area contributed by atoms with Gasteiger partial charge in [-0.05, 0) is 87.1 Å². The summed E-state index contributed by atoms with van der Waals surface area (Å²) < 4.78 is 73.8. The predicted molar refractivity (Wildman–Crippen MR) is 124 cm³/mol. The Hall–Kier alpha value is -2.26. The van der Waals surface area contributed by atoms with Crippen LogP contribution in [0.4, 0.5) is 18.9 Å². The van der Waals surface area contributed by atoms with Gasteiger partial charge in [0.1, 0.15) is 5.75 Å². The number of hydrogen-bond acceptors (Lipinski definition) is 5. The second-order valence-electron chi connectivity index (χ2n) is 9.13. The molecule has 1 aliphatic carbocycles. The molecule has 1 saturated carbocycles. The average molecular weight is 498 g/mol. The maximum Gasteiger partial charge on any atom is 0.416 e. The molecule has 0 aromatic heterocycles. The van der Waals surface area contributed by atoms with Crippen molar-refractivity contribution in [2.75, 3.05) is 24.2 Å². The van der Waals surface area contributed by atoms with E-state index in [0.717, 1.165) is 69.4 Å². The molecule has 0 amide bonds. The van der Waals surface area contributed by atoms with Crippen LogP contribution in [0.15, 0.2) is 53.4 Å². The number of piperidine rings is 1. The molecule has 0 radical (unpaired) electrons. The molecule has 5 nitrogen and oxygen atoms in total. The highest BCUT2D eigenvalue weighted by Crippen LogP contribution is 2.32. The van der Waals surface area contributed by atoms with Crippen molar-refractivity contribution in [1.29, 1.82) is 0 Å². The SMILES string of the molecule is CS(=O)(=O)c1ccc(O[C@H]2CC[C@H](OC3CCN(c4ccc(C(F)(F)F)cc4)CC3)CC2)cc1. The van der Waals surface area contributed by atoms with Gasteiger partial charge in [0.2, 0.25) is 0 Å². The zero-order valence-corrected chi connectivity index (χ0v) is 19.9. The van der Waals surface area contributed by atoms with Gasteiger partial charge in [-0.1, -0.05) is 0 Å². The van der Waals surface area contributed by atoms with Crippen LogP contribution >= 0.6 is 0 Å². The number of ether oxygens (including phenoxy) is 2. The number of nitrogens with zero attached hydrogens (tertiary/aromatic N) is 1. The van der Waals surface area contributed by atoms with Crippen molar-refractivity contribution < 1.29 is 31.1 Å². The van der Waals surface area contributed by atoms with E-state index in [4.69, 9.17) is 9.47 Å². The molecular formula is C25H30F3NO4S. The van der Waals surface area contributed by atoms with Crippen LogP contribution in [-0.2, 0) is 20.8 Å². The van der Waals surface area contributed by atoms with E-state index in [1.807, 2.05) is 0 Å². The number of alkyl halides is 3. The predicted octanol–water partition coefficient (Wildman–Crippen LogP) is 5.48. The van der Waals surface area contributed by atoms with Gasteiger partial charge in [-0.25, -0.2) is 8.42 Å². The molecule has 0 N–H and O–H groups in total. The normalized spacial score (nSPS) is 22.5. The highest BCUT2D eigenvalue weighted by atomic mass is 32.2. The molecule has 9 heteroatoms. The van der Waals surface area contributed by atoms with E-state index >= 15 is 0 Å². The fraction of sp³-hybridized carbons (Fsp3) is 0.520. The Labute approximate surface area is 198 Å². The van der Waals surface area contributed by atoms with Crippen LogP contribution in [0.2, 0.25) is 0 Å². The minimum Gasteiger partial charge on any atom is -0.490 e. The summed E-state index contributed by atoms with van der Waals surface area (Å²) in [6.45, 7) is 1.52. The number of anilines is 1. The van der Waals surface area contributed by atoms with E-state index in [-0.39, 0.29) is 23.2 Å². The van der Waals surface area contributed by atoms with Crippen molar-refractivity contribution in [3.8, 4) is 5.75 Å². The first kappa shape index (κ1) is 24.9. The second kappa shape index (κ2) is 10.2. The second-order valence-corrected chi connectivity index (χ2v) is 11.1. The van der Waals surface area contributed by atoms with E-state index in [9.17, 15) is 21.6 Å². The molecule has 1 aliphatic heterocycles. The monoisotopic (exact) mass is 497 g/mol. The number of hydrogen-bond donors (Lipinski definition) is 0. The lowest BCUT2D eigenvalue weighted by Gasteiger charge is -2.37. The van der Waals surface area contributed by atoms with Crippen LogP contribution in [0.25, 0.3) is 0 Å². The first-order chi connectivity index (χ1) is 16.1. The van der Waals surface area contributed by atoms with Crippen molar-refractivity contribution in [1.82, 2.24) is 0 Å². The molecular weight excluding hydrogens is 467 g/mol. The van der Waals surface area contributed by atoms with Crippen molar-refractivity contribution in [2.45, 2.75) is 67.9 Å². The van der Waals surface area contributed by atoms with Gasteiger partial charge < -0.3 is 14.4 Å². The Kier molecular flexibility index (Phi) is 7.42. The Morgan fingerprint density at radius 1 is 0.794 bits per heavy atom. The van der Waals surface area contributed by atoms with Crippen LogP contribution in [0.3, 0.4) is 0 Å². The quantitative estimate of drug-likeness (QED) is 0.529. The van der Waals surface area contributed by atoms with Gasteiger partial charge in [-0.15, -0.1) is 0 Å². The highest BCUT2D eigenvalue weighted by molar-refractivity contribution is 7.90. The standard InChI is InChI=1S/C25H30F3NO4S/c1-34(30,31)24-12-10-22(11-13-24)32-20-6-8-21(9-7-20)33-23-14-16-29(17-15-23)19-4-2-18(3-5-19)25(26,27)28/h2-5,10-13,20-21,23H,6-9,14-17H2,1H3/t20-,21-. The Balaban J connectivity index is 1.19. The third-order valence-electron chi connectivity index (χ3n) is 6.56. The third-order valence-corrected chi connectivity index (χ3v) is 7.69. The zero-order valence-electron chi connectivity index (χ0n) is 19.1. The molecule has 4 rings (SSSR count). The number of benzene rings is 2. The minimum atomic E-state index is -4.31. The topological polar surface area (TPSA) is 55.8 Å². The van der Waals surface area contributed by atoms with Gasteiger partial charge in [0, 0.05) is 25.0 Å². The largest absolute Gasteiger partial charge is 0.490 e. The number of halogens is 3. The summed E-state index contributed by atoms with van der Waals surface area (Å²) in [4.78, 5) is 2.39. The van der Waals surface area contributed by atoms with Crippen LogP contribution in [0, 0.1) is 0 Å².